The molecular weight excluding hydrogens is 284 g/mol. The second-order valence-electron chi connectivity index (χ2n) is 5.94. The van der Waals surface area contributed by atoms with E-state index in [4.69, 9.17) is 4.74 Å². The summed E-state index contributed by atoms with van der Waals surface area (Å²) in [5.41, 5.74) is 1.22. The Morgan fingerprint density at radius 2 is 2.24 bits per heavy atom. The molecule has 0 aliphatic carbocycles. The first kappa shape index (κ1) is 16.5. The van der Waals surface area contributed by atoms with Crippen LogP contribution in [-0.2, 0) is 11.3 Å². The molecular formula is C16H26N2O2S. The number of esters is 1. The molecule has 1 atom stereocenters. The molecule has 0 amide bonds. The van der Waals surface area contributed by atoms with E-state index >= 15 is 0 Å². The molecule has 0 N–H and O–H groups in total. The average molecular weight is 310 g/mol. The zero-order valence-electron chi connectivity index (χ0n) is 13.5. The van der Waals surface area contributed by atoms with Gasteiger partial charge in [0, 0.05) is 38.3 Å². The maximum absolute atomic E-state index is 11.5. The lowest BCUT2D eigenvalue weighted by atomic mass is 10.1. The van der Waals surface area contributed by atoms with E-state index in [0.29, 0.717) is 17.0 Å². The van der Waals surface area contributed by atoms with Crippen molar-refractivity contribution in [1.29, 1.82) is 0 Å². The molecule has 1 aliphatic rings. The van der Waals surface area contributed by atoms with Crippen LogP contribution in [0.1, 0.15) is 42.4 Å². The van der Waals surface area contributed by atoms with Crippen LogP contribution in [0.25, 0.3) is 0 Å². The molecule has 2 rings (SSSR count). The maximum atomic E-state index is 11.5. The number of carbonyl (C=O) groups excluding carboxylic acids is 1. The van der Waals surface area contributed by atoms with Crippen molar-refractivity contribution in [2.24, 2.45) is 0 Å². The third-order valence-corrected chi connectivity index (χ3v) is 5.15. The van der Waals surface area contributed by atoms with Gasteiger partial charge in [-0.1, -0.05) is 6.92 Å². The van der Waals surface area contributed by atoms with Crippen LogP contribution in [0, 0.1) is 0 Å². The number of hydrogen-bond acceptors (Lipinski definition) is 5. The van der Waals surface area contributed by atoms with Gasteiger partial charge in [0.25, 0.3) is 0 Å². The monoisotopic (exact) mass is 310 g/mol. The topological polar surface area (TPSA) is 32.8 Å². The number of hydrogen-bond donors (Lipinski definition) is 0. The number of piperazine rings is 1. The highest BCUT2D eigenvalue weighted by atomic mass is 32.1. The van der Waals surface area contributed by atoms with E-state index in [2.05, 4.69) is 36.0 Å². The van der Waals surface area contributed by atoms with Crippen molar-refractivity contribution in [2.45, 2.75) is 45.8 Å². The predicted molar refractivity (Wildman–Crippen MR) is 86.9 cm³/mol. The SMILES string of the molecule is CC[C@H]1CN(Cc2csc(C(=O)OC)c2)CCN1C(C)C. The van der Waals surface area contributed by atoms with Crippen LogP contribution in [0.15, 0.2) is 11.4 Å². The third-order valence-electron chi connectivity index (χ3n) is 4.19. The molecule has 2 heterocycles. The average Bonchev–Trinajstić information content (AvgIpc) is 2.94. The van der Waals surface area contributed by atoms with Gasteiger partial charge < -0.3 is 4.74 Å². The fraction of sp³-hybridized carbons (Fsp3) is 0.688. The van der Waals surface area contributed by atoms with Crippen molar-refractivity contribution in [3.63, 3.8) is 0 Å². The largest absolute Gasteiger partial charge is 0.465 e. The Balaban J connectivity index is 1.95. The second kappa shape index (κ2) is 7.38. The summed E-state index contributed by atoms with van der Waals surface area (Å²) < 4.78 is 4.77. The molecule has 0 unspecified atom stereocenters. The van der Waals surface area contributed by atoms with E-state index in [-0.39, 0.29) is 5.97 Å². The Kier molecular flexibility index (Phi) is 5.79. The molecule has 0 aromatic carbocycles. The van der Waals surface area contributed by atoms with Gasteiger partial charge >= 0.3 is 5.97 Å². The summed E-state index contributed by atoms with van der Waals surface area (Å²) in [6.07, 6.45) is 1.19. The number of ether oxygens (including phenoxy) is 1. The first-order valence-corrected chi connectivity index (χ1v) is 8.57. The van der Waals surface area contributed by atoms with Gasteiger partial charge in [-0.15, -0.1) is 11.3 Å². The highest BCUT2D eigenvalue weighted by Gasteiger charge is 2.27. The Labute approximate surface area is 131 Å². The Morgan fingerprint density at radius 1 is 1.48 bits per heavy atom. The second-order valence-corrected chi connectivity index (χ2v) is 6.85. The van der Waals surface area contributed by atoms with Crippen LogP contribution in [0.4, 0.5) is 0 Å². The summed E-state index contributed by atoms with van der Waals surface area (Å²) in [5, 5.41) is 2.07. The summed E-state index contributed by atoms with van der Waals surface area (Å²) in [5.74, 6) is -0.234. The highest BCUT2D eigenvalue weighted by molar-refractivity contribution is 7.12. The van der Waals surface area contributed by atoms with Crippen LogP contribution >= 0.6 is 11.3 Å². The van der Waals surface area contributed by atoms with Crippen LogP contribution in [0.5, 0.6) is 0 Å². The zero-order chi connectivity index (χ0) is 15.4. The van der Waals surface area contributed by atoms with Crippen LogP contribution in [0.2, 0.25) is 0 Å². The molecule has 1 aromatic rings. The van der Waals surface area contributed by atoms with E-state index in [1.807, 2.05) is 6.07 Å². The standard InChI is InChI=1S/C16H26N2O2S/c1-5-14-10-17(6-7-18(14)12(2)3)9-13-8-15(21-11-13)16(19)20-4/h8,11-12,14H,5-7,9-10H2,1-4H3/t14-/m0/s1. The Morgan fingerprint density at radius 3 is 2.86 bits per heavy atom. The summed E-state index contributed by atoms with van der Waals surface area (Å²) in [4.78, 5) is 17.3. The minimum Gasteiger partial charge on any atom is -0.465 e. The van der Waals surface area contributed by atoms with Gasteiger partial charge in [0.1, 0.15) is 4.88 Å². The first-order chi connectivity index (χ1) is 10.0. The minimum atomic E-state index is -0.234. The lowest BCUT2D eigenvalue weighted by molar-refractivity contribution is 0.0457. The first-order valence-electron chi connectivity index (χ1n) is 7.69. The smallest absolute Gasteiger partial charge is 0.348 e. The van der Waals surface area contributed by atoms with Crippen molar-refractivity contribution in [3.05, 3.63) is 21.9 Å². The van der Waals surface area contributed by atoms with Crippen molar-refractivity contribution in [2.75, 3.05) is 26.7 Å². The van der Waals surface area contributed by atoms with E-state index in [1.165, 1.54) is 30.4 Å². The van der Waals surface area contributed by atoms with Crippen LogP contribution in [0.3, 0.4) is 0 Å². The maximum Gasteiger partial charge on any atom is 0.348 e. The molecule has 0 spiro atoms. The number of methoxy groups -OCH3 is 1. The normalized spacial score (nSPS) is 20.9. The molecule has 0 saturated carbocycles. The van der Waals surface area contributed by atoms with Gasteiger partial charge in [-0.3, -0.25) is 9.80 Å². The van der Waals surface area contributed by atoms with E-state index in [9.17, 15) is 4.79 Å². The molecule has 118 valence electrons. The van der Waals surface area contributed by atoms with Gasteiger partial charge in [0.05, 0.1) is 7.11 Å². The van der Waals surface area contributed by atoms with Gasteiger partial charge in [0.2, 0.25) is 0 Å². The lowest BCUT2D eigenvalue weighted by Crippen LogP contribution is -2.54. The summed E-state index contributed by atoms with van der Waals surface area (Å²) in [7, 11) is 1.43. The van der Waals surface area contributed by atoms with E-state index in [0.717, 1.165) is 26.2 Å². The summed E-state index contributed by atoms with van der Waals surface area (Å²) in [6.45, 7) is 11.1. The molecule has 5 heteroatoms. The fourth-order valence-corrected chi connectivity index (χ4v) is 3.86. The highest BCUT2D eigenvalue weighted by Crippen LogP contribution is 2.21. The number of rotatable bonds is 5. The lowest BCUT2D eigenvalue weighted by Gasteiger charge is -2.43. The van der Waals surface area contributed by atoms with Gasteiger partial charge in [-0.2, -0.15) is 0 Å². The minimum absolute atomic E-state index is 0.234. The molecule has 1 saturated heterocycles. The van der Waals surface area contributed by atoms with Crippen molar-refractivity contribution >= 4 is 17.3 Å². The van der Waals surface area contributed by atoms with Gasteiger partial charge in [-0.05, 0) is 37.3 Å². The number of carbonyl (C=O) groups is 1. The van der Waals surface area contributed by atoms with Crippen LogP contribution in [-0.4, -0.2) is 54.6 Å². The van der Waals surface area contributed by atoms with E-state index in [1.54, 1.807) is 0 Å². The van der Waals surface area contributed by atoms with E-state index < -0.39 is 0 Å². The molecule has 0 radical (unpaired) electrons. The van der Waals surface area contributed by atoms with Gasteiger partial charge in [-0.25, -0.2) is 4.79 Å². The molecule has 1 fully saturated rings. The predicted octanol–water partition coefficient (Wildman–Crippen LogP) is 2.84. The summed E-state index contributed by atoms with van der Waals surface area (Å²) in [6, 6.07) is 3.22. The Hall–Kier alpha value is -0.910. The summed E-state index contributed by atoms with van der Waals surface area (Å²) >= 11 is 1.47. The number of nitrogens with zero attached hydrogens (tertiary/aromatic N) is 2. The number of thiophene rings is 1. The van der Waals surface area contributed by atoms with Gasteiger partial charge in [0.15, 0.2) is 0 Å². The molecule has 4 nitrogen and oxygen atoms in total. The fourth-order valence-electron chi connectivity index (χ4n) is 3.05. The molecule has 0 bridgehead atoms. The molecule has 1 aliphatic heterocycles. The van der Waals surface area contributed by atoms with Crippen LogP contribution < -0.4 is 0 Å². The molecule has 21 heavy (non-hydrogen) atoms. The zero-order valence-corrected chi connectivity index (χ0v) is 14.3. The Bertz CT molecular complexity index is 473. The quantitative estimate of drug-likeness (QED) is 0.783. The van der Waals surface area contributed by atoms with Crippen molar-refractivity contribution in [1.82, 2.24) is 9.80 Å². The molecule has 1 aromatic heterocycles. The van der Waals surface area contributed by atoms with Crippen molar-refractivity contribution in [3.8, 4) is 0 Å². The van der Waals surface area contributed by atoms with Crippen molar-refractivity contribution < 1.29 is 9.53 Å². The third kappa shape index (κ3) is 4.05.